The summed E-state index contributed by atoms with van der Waals surface area (Å²) >= 11 is 1.66. The lowest BCUT2D eigenvalue weighted by atomic mass is 10.2. The molecule has 5 nitrogen and oxygen atoms in total. The van der Waals surface area contributed by atoms with Gasteiger partial charge in [0, 0.05) is 17.6 Å². The van der Waals surface area contributed by atoms with Gasteiger partial charge in [-0.2, -0.15) is 0 Å². The molecule has 1 aromatic carbocycles. The van der Waals surface area contributed by atoms with Crippen molar-refractivity contribution in [3.05, 3.63) is 46.6 Å². The highest BCUT2D eigenvalue weighted by atomic mass is 32.1. The Bertz CT molecular complexity index is 889. The van der Waals surface area contributed by atoms with Crippen molar-refractivity contribution in [1.29, 1.82) is 0 Å². The van der Waals surface area contributed by atoms with E-state index in [0.717, 1.165) is 21.7 Å². The second-order valence-corrected chi connectivity index (χ2v) is 6.93. The van der Waals surface area contributed by atoms with Crippen LogP contribution in [0, 0.1) is 20.8 Å². The maximum Gasteiger partial charge on any atom is 0.246 e. The summed E-state index contributed by atoms with van der Waals surface area (Å²) < 4.78 is 0. The number of amides is 1. The van der Waals surface area contributed by atoms with Gasteiger partial charge in [0.05, 0.1) is 11.9 Å². The van der Waals surface area contributed by atoms with E-state index in [1.807, 2.05) is 37.3 Å². The predicted octanol–water partition coefficient (Wildman–Crippen LogP) is 3.69. The van der Waals surface area contributed by atoms with Crippen LogP contribution in [-0.4, -0.2) is 29.5 Å². The van der Waals surface area contributed by atoms with Crippen LogP contribution in [0.25, 0.3) is 10.2 Å². The summed E-state index contributed by atoms with van der Waals surface area (Å²) in [5.74, 6) is 1.42. The van der Waals surface area contributed by atoms with Gasteiger partial charge in [-0.3, -0.25) is 4.79 Å². The van der Waals surface area contributed by atoms with Crippen LogP contribution in [0.1, 0.15) is 16.3 Å². The molecular weight excluding hydrogens is 320 g/mol. The maximum atomic E-state index is 12.5. The van der Waals surface area contributed by atoms with Crippen LogP contribution >= 0.6 is 11.3 Å². The van der Waals surface area contributed by atoms with Crippen molar-refractivity contribution < 1.29 is 4.79 Å². The van der Waals surface area contributed by atoms with Crippen LogP contribution in [0.4, 0.5) is 11.5 Å². The van der Waals surface area contributed by atoms with Gasteiger partial charge < -0.3 is 10.2 Å². The zero-order valence-electron chi connectivity index (χ0n) is 14.3. The van der Waals surface area contributed by atoms with E-state index in [0.29, 0.717) is 5.82 Å². The Balaban J connectivity index is 1.82. The van der Waals surface area contributed by atoms with Gasteiger partial charge in [-0.25, -0.2) is 9.97 Å². The lowest BCUT2D eigenvalue weighted by molar-refractivity contribution is -0.116. The van der Waals surface area contributed by atoms with E-state index in [1.54, 1.807) is 23.3 Å². The number of fused-ring (bicyclic) bond motifs is 1. The number of rotatable bonds is 4. The average Bonchev–Trinajstić information content (AvgIpc) is 2.86. The normalized spacial score (nSPS) is 10.8. The molecule has 2 heterocycles. The number of thiophene rings is 1. The lowest BCUT2D eigenvalue weighted by Crippen LogP contribution is -2.32. The molecule has 0 saturated heterocycles. The smallest absolute Gasteiger partial charge is 0.246 e. The minimum absolute atomic E-state index is 0.0183. The van der Waals surface area contributed by atoms with Crippen molar-refractivity contribution in [3.8, 4) is 0 Å². The largest absolute Gasteiger partial charge is 0.360 e. The summed E-state index contributed by atoms with van der Waals surface area (Å²) in [6.07, 6.45) is 0. The van der Waals surface area contributed by atoms with E-state index in [1.165, 1.54) is 10.4 Å². The molecule has 0 unspecified atom stereocenters. The standard InChI is InChI=1S/C18H20N4OS/c1-11-12(2)24-18-16(11)17(20-13(3)21-18)19-10-15(23)22(4)14-8-6-5-7-9-14/h5-9H,10H2,1-4H3,(H,19,20,21). The monoisotopic (exact) mass is 340 g/mol. The SMILES string of the molecule is Cc1nc(NCC(=O)N(C)c2ccccc2)c2c(C)c(C)sc2n1. The summed E-state index contributed by atoms with van der Waals surface area (Å²) in [5.41, 5.74) is 2.04. The fourth-order valence-corrected chi connectivity index (χ4v) is 3.63. The molecule has 0 fully saturated rings. The van der Waals surface area contributed by atoms with Crippen LogP contribution in [0.5, 0.6) is 0 Å². The molecule has 0 spiro atoms. The molecule has 2 aromatic heterocycles. The number of nitrogens with one attached hydrogen (secondary N) is 1. The highest BCUT2D eigenvalue weighted by Crippen LogP contribution is 2.33. The topological polar surface area (TPSA) is 58.1 Å². The number of hydrogen-bond acceptors (Lipinski definition) is 5. The summed E-state index contributed by atoms with van der Waals surface area (Å²) in [6.45, 7) is 6.20. The number of carbonyl (C=O) groups excluding carboxylic acids is 1. The first-order valence-electron chi connectivity index (χ1n) is 7.77. The number of nitrogens with zero attached hydrogens (tertiary/aromatic N) is 3. The summed E-state index contributed by atoms with van der Waals surface area (Å²) in [6, 6.07) is 9.60. The third-order valence-corrected chi connectivity index (χ3v) is 5.17. The number of hydrogen-bond donors (Lipinski definition) is 1. The van der Waals surface area contributed by atoms with Gasteiger partial charge in [0.1, 0.15) is 16.5 Å². The van der Waals surface area contributed by atoms with Crippen LogP contribution in [0.2, 0.25) is 0 Å². The molecule has 0 aliphatic carbocycles. The van der Waals surface area contributed by atoms with Crippen LogP contribution in [0.15, 0.2) is 30.3 Å². The number of aryl methyl sites for hydroxylation is 3. The molecule has 3 rings (SSSR count). The van der Waals surface area contributed by atoms with Crippen LogP contribution in [-0.2, 0) is 4.79 Å². The molecule has 0 saturated carbocycles. The zero-order valence-corrected chi connectivity index (χ0v) is 15.1. The quantitative estimate of drug-likeness (QED) is 0.787. The van der Waals surface area contributed by atoms with E-state index >= 15 is 0 Å². The maximum absolute atomic E-state index is 12.5. The van der Waals surface area contributed by atoms with Gasteiger partial charge in [0.25, 0.3) is 0 Å². The molecule has 0 radical (unpaired) electrons. The van der Waals surface area contributed by atoms with Gasteiger partial charge in [0.2, 0.25) is 5.91 Å². The second kappa shape index (κ2) is 6.57. The van der Waals surface area contributed by atoms with E-state index in [4.69, 9.17) is 0 Å². The molecule has 124 valence electrons. The van der Waals surface area contributed by atoms with Crippen molar-refractivity contribution in [1.82, 2.24) is 9.97 Å². The highest BCUT2D eigenvalue weighted by Gasteiger charge is 2.15. The average molecular weight is 340 g/mol. The molecule has 6 heteroatoms. The van der Waals surface area contributed by atoms with Crippen molar-refractivity contribution >= 4 is 39.0 Å². The molecule has 0 aliphatic heterocycles. The van der Waals surface area contributed by atoms with E-state index in [2.05, 4.69) is 29.1 Å². The molecule has 1 amide bonds. The summed E-state index contributed by atoms with van der Waals surface area (Å²) in [7, 11) is 1.78. The van der Waals surface area contributed by atoms with Crippen LogP contribution in [0.3, 0.4) is 0 Å². The van der Waals surface area contributed by atoms with Crippen molar-refractivity contribution in [2.75, 3.05) is 23.8 Å². The second-order valence-electron chi connectivity index (χ2n) is 5.72. The summed E-state index contributed by atoms with van der Waals surface area (Å²) in [4.78, 5) is 25.3. The Labute approximate surface area is 145 Å². The van der Waals surface area contributed by atoms with Gasteiger partial charge in [-0.05, 0) is 38.5 Å². The zero-order chi connectivity index (χ0) is 17.3. The predicted molar refractivity (Wildman–Crippen MR) is 100.0 cm³/mol. The Morgan fingerprint density at radius 2 is 1.88 bits per heavy atom. The van der Waals surface area contributed by atoms with Crippen molar-refractivity contribution in [2.45, 2.75) is 20.8 Å². The number of benzene rings is 1. The van der Waals surface area contributed by atoms with E-state index in [9.17, 15) is 4.79 Å². The van der Waals surface area contributed by atoms with Crippen molar-refractivity contribution in [3.63, 3.8) is 0 Å². The molecule has 0 bridgehead atoms. The first-order valence-corrected chi connectivity index (χ1v) is 8.59. The Hall–Kier alpha value is -2.47. The third kappa shape index (κ3) is 3.10. The fraction of sp³-hybridized carbons (Fsp3) is 0.278. The first kappa shape index (κ1) is 16.4. The van der Waals surface area contributed by atoms with Crippen LogP contribution < -0.4 is 10.2 Å². The number of para-hydroxylation sites is 1. The van der Waals surface area contributed by atoms with Gasteiger partial charge >= 0.3 is 0 Å². The molecular formula is C18H20N4OS. The molecule has 0 aliphatic rings. The van der Waals surface area contributed by atoms with E-state index < -0.39 is 0 Å². The minimum Gasteiger partial charge on any atom is -0.360 e. The van der Waals surface area contributed by atoms with Crippen molar-refractivity contribution in [2.24, 2.45) is 0 Å². The number of anilines is 2. The van der Waals surface area contributed by atoms with Gasteiger partial charge in [-0.15, -0.1) is 11.3 Å². The van der Waals surface area contributed by atoms with E-state index in [-0.39, 0.29) is 12.5 Å². The molecule has 24 heavy (non-hydrogen) atoms. The first-order chi connectivity index (χ1) is 11.5. The number of carbonyl (C=O) groups is 1. The summed E-state index contributed by atoms with van der Waals surface area (Å²) in [5, 5.41) is 4.21. The molecule has 1 N–H and O–H groups in total. The highest BCUT2D eigenvalue weighted by molar-refractivity contribution is 7.18. The van der Waals surface area contributed by atoms with Gasteiger partial charge in [0.15, 0.2) is 0 Å². The lowest BCUT2D eigenvalue weighted by Gasteiger charge is -2.18. The Kier molecular flexibility index (Phi) is 4.49. The third-order valence-electron chi connectivity index (χ3n) is 4.07. The Morgan fingerprint density at radius 3 is 2.58 bits per heavy atom. The van der Waals surface area contributed by atoms with Gasteiger partial charge in [-0.1, -0.05) is 18.2 Å². The minimum atomic E-state index is -0.0183. The fourth-order valence-electron chi connectivity index (χ4n) is 2.56. The molecule has 3 aromatic rings. The number of likely N-dealkylation sites (N-methyl/N-ethyl adjacent to an activating group) is 1. The Morgan fingerprint density at radius 1 is 1.17 bits per heavy atom. The molecule has 0 atom stereocenters. The number of aromatic nitrogens is 2.